The minimum atomic E-state index is 0.625. The second-order valence-electron chi connectivity index (χ2n) is 3.26. The van der Waals surface area contributed by atoms with Crippen LogP contribution in [0.15, 0.2) is 42.6 Å². The van der Waals surface area contributed by atoms with Crippen molar-refractivity contribution in [3.63, 3.8) is 0 Å². The molecule has 1 aromatic carbocycles. The van der Waals surface area contributed by atoms with E-state index in [1.165, 1.54) is 0 Å². The molecule has 4 nitrogen and oxygen atoms in total. The lowest BCUT2D eigenvalue weighted by Crippen LogP contribution is -2.01. The lowest BCUT2D eigenvalue weighted by atomic mass is 10.2. The summed E-state index contributed by atoms with van der Waals surface area (Å²) in [5, 5.41) is 19.6. The van der Waals surface area contributed by atoms with Gasteiger partial charge >= 0.3 is 0 Å². The first-order valence-electron chi connectivity index (χ1n) is 4.89. The quantitative estimate of drug-likeness (QED) is 0.841. The maximum Gasteiger partial charge on any atom is 0.0991 e. The molecule has 0 saturated carbocycles. The third-order valence-corrected chi connectivity index (χ3v) is 2.12. The van der Waals surface area contributed by atoms with Crippen LogP contribution in [0.2, 0.25) is 0 Å². The molecular formula is C12H10N4. The van der Waals surface area contributed by atoms with Gasteiger partial charge in [0.25, 0.3) is 0 Å². The van der Waals surface area contributed by atoms with Gasteiger partial charge in [-0.05, 0) is 36.4 Å². The van der Waals surface area contributed by atoms with Crippen LogP contribution < -0.4 is 5.32 Å². The van der Waals surface area contributed by atoms with E-state index in [2.05, 4.69) is 21.6 Å². The molecule has 0 saturated heterocycles. The number of rotatable bonds is 3. The van der Waals surface area contributed by atoms with Crippen molar-refractivity contribution in [3.8, 4) is 6.07 Å². The van der Waals surface area contributed by atoms with Crippen LogP contribution in [0.3, 0.4) is 0 Å². The Morgan fingerprint density at radius 1 is 1.19 bits per heavy atom. The van der Waals surface area contributed by atoms with Crippen LogP contribution in [-0.4, -0.2) is 10.2 Å². The third kappa shape index (κ3) is 2.55. The summed E-state index contributed by atoms with van der Waals surface area (Å²) in [6.45, 7) is 0.625. The first-order valence-corrected chi connectivity index (χ1v) is 4.89. The van der Waals surface area contributed by atoms with Crippen molar-refractivity contribution in [3.05, 3.63) is 53.9 Å². The van der Waals surface area contributed by atoms with E-state index in [-0.39, 0.29) is 0 Å². The summed E-state index contributed by atoms with van der Waals surface area (Å²) in [5.74, 6) is 0. The van der Waals surface area contributed by atoms with E-state index in [4.69, 9.17) is 5.26 Å². The summed E-state index contributed by atoms with van der Waals surface area (Å²) < 4.78 is 0. The predicted octanol–water partition coefficient (Wildman–Crippen LogP) is 1.96. The van der Waals surface area contributed by atoms with Crippen molar-refractivity contribution < 1.29 is 0 Å². The molecule has 1 N–H and O–H groups in total. The van der Waals surface area contributed by atoms with E-state index in [0.717, 1.165) is 11.4 Å². The Bertz CT molecular complexity index is 485. The molecule has 16 heavy (non-hydrogen) atoms. The van der Waals surface area contributed by atoms with Gasteiger partial charge in [-0.15, -0.1) is 0 Å². The summed E-state index contributed by atoms with van der Waals surface area (Å²) in [6.07, 6.45) is 1.64. The van der Waals surface area contributed by atoms with Gasteiger partial charge in [-0.3, -0.25) is 0 Å². The van der Waals surface area contributed by atoms with Crippen molar-refractivity contribution in [2.75, 3.05) is 5.32 Å². The van der Waals surface area contributed by atoms with Crippen molar-refractivity contribution in [2.24, 2.45) is 0 Å². The van der Waals surface area contributed by atoms with E-state index in [9.17, 15) is 0 Å². The molecule has 0 radical (unpaired) electrons. The van der Waals surface area contributed by atoms with Crippen LogP contribution in [0, 0.1) is 11.3 Å². The van der Waals surface area contributed by atoms with Gasteiger partial charge in [0.05, 0.1) is 23.9 Å². The Kier molecular flexibility index (Phi) is 3.10. The number of aromatic nitrogens is 2. The van der Waals surface area contributed by atoms with E-state index >= 15 is 0 Å². The maximum atomic E-state index is 8.65. The highest BCUT2D eigenvalue weighted by Crippen LogP contribution is 2.09. The number of hydrogen-bond acceptors (Lipinski definition) is 4. The molecule has 1 heterocycles. The molecule has 0 unspecified atom stereocenters. The number of benzene rings is 1. The molecular weight excluding hydrogens is 200 g/mol. The standard InChI is InChI=1S/C12H10N4/c13-8-10-3-5-11(6-4-10)14-9-12-2-1-7-15-16-12/h1-7,14H,9H2. The molecule has 2 rings (SSSR count). The highest BCUT2D eigenvalue weighted by molar-refractivity contribution is 5.47. The van der Waals surface area contributed by atoms with Crippen LogP contribution in [0.4, 0.5) is 5.69 Å². The monoisotopic (exact) mass is 210 g/mol. The molecule has 0 aliphatic carbocycles. The second-order valence-corrected chi connectivity index (χ2v) is 3.26. The molecule has 0 aliphatic heterocycles. The van der Waals surface area contributed by atoms with Gasteiger partial charge < -0.3 is 5.32 Å². The van der Waals surface area contributed by atoms with Gasteiger partial charge in [-0.1, -0.05) is 0 Å². The van der Waals surface area contributed by atoms with Gasteiger partial charge in [0.15, 0.2) is 0 Å². The average molecular weight is 210 g/mol. The number of nitrogens with zero attached hydrogens (tertiary/aromatic N) is 3. The number of hydrogen-bond donors (Lipinski definition) is 1. The van der Waals surface area contributed by atoms with E-state index in [1.54, 1.807) is 18.3 Å². The molecule has 1 aromatic heterocycles. The van der Waals surface area contributed by atoms with E-state index in [0.29, 0.717) is 12.1 Å². The molecule has 0 atom stereocenters. The fourth-order valence-corrected chi connectivity index (χ4v) is 1.28. The zero-order chi connectivity index (χ0) is 11.2. The Hall–Kier alpha value is -2.41. The predicted molar refractivity (Wildman–Crippen MR) is 60.5 cm³/mol. The molecule has 2 aromatic rings. The lowest BCUT2D eigenvalue weighted by Gasteiger charge is -2.04. The van der Waals surface area contributed by atoms with Crippen LogP contribution in [-0.2, 0) is 6.54 Å². The van der Waals surface area contributed by atoms with Gasteiger partial charge in [-0.25, -0.2) is 0 Å². The van der Waals surface area contributed by atoms with Crippen molar-refractivity contribution in [2.45, 2.75) is 6.54 Å². The Balaban J connectivity index is 1.98. The van der Waals surface area contributed by atoms with Gasteiger partial charge in [0.1, 0.15) is 0 Å². The van der Waals surface area contributed by atoms with Crippen molar-refractivity contribution >= 4 is 5.69 Å². The zero-order valence-electron chi connectivity index (χ0n) is 8.59. The topological polar surface area (TPSA) is 61.6 Å². The summed E-state index contributed by atoms with van der Waals surface area (Å²) in [7, 11) is 0. The molecule has 4 heteroatoms. The van der Waals surface area contributed by atoms with Crippen molar-refractivity contribution in [1.82, 2.24) is 10.2 Å². The SMILES string of the molecule is N#Cc1ccc(NCc2cccnn2)cc1. The smallest absolute Gasteiger partial charge is 0.0991 e. The van der Waals surface area contributed by atoms with Crippen LogP contribution in [0.1, 0.15) is 11.3 Å². The summed E-state index contributed by atoms with van der Waals surface area (Å²) in [5.41, 5.74) is 2.50. The Morgan fingerprint density at radius 3 is 2.62 bits per heavy atom. The molecule has 0 amide bonds. The highest BCUT2D eigenvalue weighted by Gasteiger charge is 1.95. The average Bonchev–Trinajstić information content (AvgIpc) is 2.38. The van der Waals surface area contributed by atoms with Crippen LogP contribution in [0.25, 0.3) is 0 Å². The second kappa shape index (κ2) is 4.89. The Morgan fingerprint density at radius 2 is 2.00 bits per heavy atom. The zero-order valence-corrected chi connectivity index (χ0v) is 8.59. The summed E-state index contributed by atoms with van der Waals surface area (Å²) >= 11 is 0. The van der Waals surface area contributed by atoms with Gasteiger partial charge in [0.2, 0.25) is 0 Å². The Labute approximate surface area is 93.6 Å². The van der Waals surface area contributed by atoms with Gasteiger partial charge in [0, 0.05) is 11.9 Å². The fraction of sp³-hybridized carbons (Fsp3) is 0.0833. The van der Waals surface area contributed by atoms with E-state index < -0.39 is 0 Å². The molecule has 78 valence electrons. The highest BCUT2D eigenvalue weighted by atomic mass is 15.1. The summed E-state index contributed by atoms with van der Waals surface area (Å²) in [4.78, 5) is 0. The number of nitrogens with one attached hydrogen (secondary N) is 1. The minimum Gasteiger partial charge on any atom is -0.379 e. The maximum absolute atomic E-state index is 8.65. The first-order chi connectivity index (χ1) is 7.88. The third-order valence-electron chi connectivity index (χ3n) is 2.12. The lowest BCUT2D eigenvalue weighted by molar-refractivity contribution is 0.925. The largest absolute Gasteiger partial charge is 0.379 e. The molecule has 0 spiro atoms. The molecule has 0 aliphatic rings. The van der Waals surface area contributed by atoms with E-state index in [1.807, 2.05) is 24.3 Å². The van der Waals surface area contributed by atoms with Crippen LogP contribution >= 0.6 is 0 Å². The number of anilines is 1. The van der Waals surface area contributed by atoms with Crippen molar-refractivity contribution in [1.29, 1.82) is 5.26 Å². The molecule has 0 fully saturated rings. The summed E-state index contributed by atoms with van der Waals surface area (Å²) in [6, 6.07) is 13.1. The molecule has 0 bridgehead atoms. The number of nitriles is 1. The van der Waals surface area contributed by atoms with Gasteiger partial charge in [-0.2, -0.15) is 15.5 Å². The first kappa shape index (κ1) is 10.1. The fourth-order valence-electron chi connectivity index (χ4n) is 1.28. The normalized spacial score (nSPS) is 9.44. The van der Waals surface area contributed by atoms with Crippen LogP contribution in [0.5, 0.6) is 0 Å². The minimum absolute atomic E-state index is 0.625.